The SMILES string of the molecule is CCOc1cc(CNCCn2ccnc2)ccc1OCc1ccccc1. The molecule has 26 heavy (non-hydrogen) atoms. The van der Waals surface area contributed by atoms with Crippen LogP contribution in [0.25, 0.3) is 0 Å². The predicted octanol–water partition coefficient (Wildman–Crippen LogP) is 3.65. The van der Waals surface area contributed by atoms with E-state index < -0.39 is 0 Å². The number of hydrogen-bond acceptors (Lipinski definition) is 4. The van der Waals surface area contributed by atoms with Crippen molar-refractivity contribution >= 4 is 0 Å². The number of benzene rings is 2. The Morgan fingerprint density at radius 1 is 1.00 bits per heavy atom. The van der Waals surface area contributed by atoms with Crippen LogP contribution in [-0.2, 0) is 19.7 Å². The van der Waals surface area contributed by atoms with Crippen molar-refractivity contribution in [2.24, 2.45) is 0 Å². The van der Waals surface area contributed by atoms with Crippen molar-refractivity contribution in [3.05, 3.63) is 78.4 Å². The summed E-state index contributed by atoms with van der Waals surface area (Å²) in [4.78, 5) is 4.04. The zero-order valence-corrected chi connectivity index (χ0v) is 15.1. The molecule has 0 spiro atoms. The smallest absolute Gasteiger partial charge is 0.161 e. The number of imidazole rings is 1. The highest BCUT2D eigenvalue weighted by molar-refractivity contribution is 5.43. The second-order valence-corrected chi connectivity index (χ2v) is 5.97. The summed E-state index contributed by atoms with van der Waals surface area (Å²) in [5, 5.41) is 3.44. The van der Waals surface area contributed by atoms with Crippen molar-refractivity contribution in [3.8, 4) is 11.5 Å². The molecule has 0 saturated carbocycles. The third-order valence-electron chi connectivity index (χ3n) is 3.98. The molecule has 0 aliphatic heterocycles. The third-order valence-corrected chi connectivity index (χ3v) is 3.98. The molecule has 0 unspecified atom stereocenters. The van der Waals surface area contributed by atoms with Crippen molar-refractivity contribution < 1.29 is 9.47 Å². The standard InChI is InChI=1S/C21H25N3O2/c1-2-25-21-14-19(15-22-10-12-24-13-11-23-17-24)8-9-20(21)26-16-18-6-4-3-5-7-18/h3-9,11,13-14,17,22H,2,10,12,15-16H2,1H3. The summed E-state index contributed by atoms with van der Waals surface area (Å²) in [6.07, 6.45) is 5.59. The molecule has 0 bridgehead atoms. The molecular weight excluding hydrogens is 326 g/mol. The summed E-state index contributed by atoms with van der Waals surface area (Å²) in [6, 6.07) is 16.3. The Morgan fingerprint density at radius 3 is 2.65 bits per heavy atom. The largest absolute Gasteiger partial charge is 0.490 e. The highest BCUT2D eigenvalue weighted by atomic mass is 16.5. The summed E-state index contributed by atoms with van der Waals surface area (Å²) in [5.41, 5.74) is 2.31. The molecule has 0 atom stereocenters. The van der Waals surface area contributed by atoms with Gasteiger partial charge in [-0.2, -0.15) is 0 Å². The van der Waals surface area contributed by atoms with Gasteiger partial charge < -0.3 is 19.4 Å². The maximum absolute atomic E-state index is 5.95. The number of nitrogens with zero attached hydrogens (tertiary/aromatic N) is 2. The topological polar surface area (TPSA) is 48.3 Å². The Kier molecular flexibility index (Phi) is 6.67. The Morgan fingerprint density at radius 2 is 1.88 bits per heavy atom. The highest BCUT2D eigenvalue weighted by Crippen LogP contribution is 2.29. The lowest BCUT2D eigenvalue weighted by Crippen LogP contribution is -2.19. The van der Waals surface area contributed by atoms with E-state index in [1.54, 1.807) is 6.20 Å². The van der Waals surface area contributed by atoms with Gasteiger partial charge in [0.1, 0.15) is 6.61 Å². The second kappa shape index (κ2) is 9.63. The van der Waals surface area contributed by atoms with Crippen molar-refractivity contribution in [2.45, 2.75) is 26.6 Å². The van der Waals surface area contributed by atoms with E-state index >= 15 is 0 Å². The van der Waals surface area contributed by atoms with Gasteiger partial charge in [-0.3, -0.25) is 0 Å². The summed E-state index contributed by atoms with van der Waals surface area (Å²) in [6.45, 7) is 5.69. The molecule has 0 amide bonds. The Hall–Kier alpha value is -2.79. The van der Waals surface area contributed by atoms with E-state index in [4.69, 9.17) is 9.47 Å². The zero-order chi connectivity index (χ0) is 18.0. The zero-order valence-electron chi connectivity index (χ0n) is 15.1. The van der Waals surface area contributed by atoms with Crippen LogP contribution in [0.1, 0.15) is 18.1 Å². The van der Waals surface area contributed by atoms with E-state index in [0.717, 1.165) is 36.7 Å². The van der Waals surface area contributed by atoms with Gasteiger partial charge >= 0.3 is 0 Å². The number of rotatable bonds is 10. The van der Waals surface area contributed by atoms with Crippen LogP contribution in [0.15, 0.2) is 67.3 Å². The molecule has 1 heterocycles. The first kappa shape index (κ1) is 18.0. The minimum absolute atomic E-state index is 0.531. The van der Waals surface area contributed by atoms with E-state index in [2.05, 4.69) is 33.1 Å². The van der Waals surface area contributed by atoms with Crippen LogP contribution in [0, 0.1) is 0 Å². The van der Waals surface area contributed by atoms with Gasteiger partial charge in [-0.1, -0.05) is 36.4 Å². The van der Waals surface area contributed by atoms with Crippen LogP contribution >= 0.6 is 0 Å². The number of aromatic nitrogens is 2. The Labute approximate surface area is 154 Å². The van der Waals surface area contributed by atoms with Crippen LogP contribution in [0.5, 0.6) is 11.5 Å². The molecule has 0 saturated heterocycles. The van der Waals surface area contributed by atoms with E-state index in [-0.39, 0.29) is 0 Å². The fraction of sp³-hybridized carbons (Fsp3) is 0.286. The first-order valence-corrected chi connectivity index (χ1v) is 8.94. The Balaban J connectivity index is 1.55. The van der Waals surface area contributed by atoms with Crippen molar-refractivity contribution in [2.75, 3.05) is 13.2 Å². The molecule has 1 N–H and O–H groups in total. The minimum Gasteiger partial charge on any atom is -0.490 e. The molecule has 1 aromatic heterocycles. The molecule has 2 aromatic carbocycles. The second-order valence-electron chi connectivity index (χ2n) is 5.97. The van der Waals surface area contributed by atoms with E-state index in [1.165, 1.54) is 5.56 Å². The van der Waals surface area contributed by atoms with E-state index in [1.807, 2.05) is 49.8 Å². The van der Waals surface area contributed by atoms with Gasteiger partial charge in [0.25, 0.3) is 0 Å². The number of ether oxygens (including phenoxy) is 2. The molecule has 3 aromatic rings. The van der Waals surface area contributed by atoms with Crippen LogP contribution in [0.3, 0.4) is 0 Å². The molecule has 0 radical (unpaired) electrons. The van der Waals surface area contributed by atoms with Crippen molar-refractivity contribution in [1.82, 2.24) is 14.9 Å². The summed E-state index contributed by atoms with van der Waals surface area (Å²) in [5.74, 6) is 1.57. The van der Waals surface area contributed by atoms with Gasteiger partial charge in [0.15, 0.2) is 11.5 Å². The van der Waals surface area contributed by atoms with Crippen molar-refractivity contribution in [3.63, 3.8) is 0 Å². The maximum atomic E-state index is 5.95. The third kappa shape index (κ3) is 5.36. The monoisotopic (exact) mass is 351 g/mol. The lowest BCUT2D eigenvalue weighted by molar-refractivity contribution is 0.269. The predicted molar refractivity (Wildman–Crippen MR) is 102 cm³/mol. The minimum atomic E-state index is 0.531. The van der Waals surface area contributed by atoms with Gasteiger partial charge in [-0.25, -0.2) is 4.98 Å². The maximum Gasteiger partial charge on any atom is 0.161 e. The average Bonchev–Trinajstić information content (AvgIpc) is 3.19. The molecule has 0 aliphatic carbocycles. The summed E-state index contributed by atoms with van der Waals surface area (Å²) < 4.78 is 13.8. The van der Waals surface area contributed by atoms with Crippen LogP contribution in [0.4, 0.5) is 0 Å². The molecule has 3 rings (SSSR count). The molecule has 0 aliphatic rings. The molecule has 5 heteroatoms. The first-order valence-electron chi connectivity index (χ1n) is 8.94. The number of hydrogen-bond donors (Lipinski definition) is 1. The highest BCUT2D eigenvalue weighted by Gasteiger charge is 2.07. The Bertz CT molecular complexity index is 773. The molecule has 5 nitrogen and oxygen atoms in total. The van der Waals surface area contributed by atoms with Gasteiger partial charge in [0.2, 0.25) is 0 Å². The van der Waals surface area contributed by atoms with Crippen LogP contribution < -0.4 is 14.8 Å². The summed E-state index contributed by atoms with van der Waals surface area (Å²) in [7, 11) is 0. The summed E-state index contributed by atoms with van der Waals surface area (Å²) >= 11 is 0. The first-order chi connectivity index (χ1) is 12.8. The lowest BCUT2D eigenvalue weighted by Gasteiger charge is -2.14. The van der Waals surface area contributed by atoms with Crippen LogP contribution in [0.2, 0.25) is 0 Å². The normalized spacial score (nSPS) is 10.7. The molecular formula is C21H25N3O2. The van der Waals surface area contributed by atoms with Crippen LogP contribution in [-0.4, -0.2) is 22.7 Å². The van der Waals surface area contributed by atoms with Crippen molar-refractivity contribution in [1.29, 1.82) is 0 Å². The number of nitrogens with one attached hydrogen (secondary N) is 1. The quantitative estimate of drug-likeness (QED) is 0.567. The van der Waals surface area contributed by atoms with Gasteiger partial charge in [-0.05, 0) is 30.2 Å². The molecule has 0 fully saturated rings. The molecule has 136 valence electrons. The lowest BCUT2D eigenvalue weighted by atomic mass is 10.2. The fourth-order valence-corrected chi connectivity index (χ4v) is 2.65. The van der Waals surface area contributed by atoms with Gasteiger partial charge in [-0.15, -0.1) is 0 Å². The van der Waals surface area contributed by atoms with Gasteiger partial charge in [0, 0.05) is 32.0 Å². The van der Waals surface area contributed by atoms with E-state index in [9.17, 15) is 0 Å². The average molecular weight is 351 g/mol. The van der Waals surface area contributed by atoms with Gasteiger partial charge in [0.05, 0.1) is 12.9 Å². The van der Waals surface area contributed by atoms with E-state index in [0.29, 0.717) is 13.2 Å². The fourth-order valence-electron chi connectivity index (χ4n) is 2.65.